The van der Waals surface area contributed by atoms with Crippen molar-refractivity contribution in [3.63, 3.8) is 0 Å². The van der Waals surface area contributed by atoms with E-state index in [1.54, 1.807) is 65.7 Å². The molecule has 61 heavy (non-hydrogen) atoms. The highest BCUT2D eigenvalue weighted by Crippen LogP contribution is 2.32. The second-order valence-corrected chi connectivity index (χ2v) is 16.0. The number of carbonyl (C=O) groups excluding carboxylic acids is 4. The number of hydrogen-bond donors (Lipinski definition) is 4. The van der Waals surface area contributed by atoms with E-state index in [1.807, 2.05) is 12.1 Å². The molecule has 2 fully saturated rings. The average Bonchev–Trinajstić information content (AvgIpc) is 3.67. The van der Waals surface area contributed by atoms with Gasteiger partial charge in [0.15, 0.2) is 11.5 Å². The minimum atomic E-state index is -1.18. The summed E-state index contributed by atoms with van der Waals surface area (Å²) < 4.78 is 3.24. The average molecular weight is 828 g/mol. The zero-order valence-electron chi connectivity index (χ0n) is 34.3. The highest BCUT2D eigenvalue weighted by atomic mass is 16.3. The number of pyridine rings is 1. The van der Waals surface area contributed by atoms with Gasteiger partial charge in [-0.15, -0.1) is 6.58 Å². The van der Waals surface area contributed by atoms with E-state index >= 15 is 0 Å². The molecule has 6 heterocycles. The molecule has 2 aromatic carbocycles. The number of imide groups is 2. The number of anilines is 4. The fraction of sp³-hybridized carbons (Fsp3) is 0.364. The third kappa shape index (κ3) is 8.38. The van der Waals surface area contributed by atoms with Crippen LogP contribution in [0.3, 0.4) is 0 Å². The highest BCUT2D eigenvalue weighted by molar-refractivity contribution is 6.25. The number of benzene rings is 2. The van der Waals surface area contributed by atoms with Crippen LogP contribution in [0.25, 0.3) is 16.9 Å². The molecule has 0 radical (unpaired) electrons. The lowest BCUT2D eigenvalue weighted by molar-refractivity contribution is -0.136. The fourth-order valence-corrected chi connectivity index (χ4v) is 8.08. The molecule has 4 N–H and O–H groups in total. The number of nitrogens with zero attached hydrogens (tertiary/aromatic N) is 8. The van der Waals surface area contributed by atoms with Gasteiger partial charge in [-0.05, 0) is 94.6 Å². The van der Waals surface area contributed by atoms with Crippen LogP contribution in [0, 0.1) is 0 Å². The summed E-state index contributed by atoms with van der Waals surface area (Å²) in [6.07, 6.45) is 5.84. The summed E-state index contributed by atoms with van der Waals surface area (Å²) >= 11 is 0. The molecule has 4 amide bonds. The maximum absolute atomic E-state index is 13.5. The zero-order chi connectivity index (χ0) is 42.8. The first-order valence-corrected chi connectivity index (χ1v) is 20.6. The molecule has 1 unspecified atom stereocenters. The van der Waals surface area contributed by atoms with Crippen LogP contribution in [0.4, 0.5) is 23.0 Å². The fourth-order valence-electron chi connectivity index (χ4n) is 8.08. The Labute approximate surface area is 352 Å². The first kappa shape index (κ1) is 41.0. The Morgan fingerprint density at radius 1 is 0.918 bits per heavy atom. The van der Waals surface area contributed by atoms with Gasteiger partial charge in [-0.25, -0.2) is 19.3 Å². The molecule has 3 aliphatic rings. The zero-order valence-corrected chi connectivity index (χ0v) is 34.3. The molecule has 316 valence electrons. The van der Waals surface area contributed by atoms with Crippen LogP contribution in [0.2, 0.25) is 0 Å². The molecule has 1 atom stereocenters. The number of aromatic nitrogens is 5. The van der Waals surface area contributed by atoms with E-state index < -0.39 is 35.3 Å². The Morgan fingerprint density at radius 3 is 2.43 bits per heavy atom. The lowest BCUT2D eigenvalue weighted by Crippen LogP contribution is -2.54. The van der Waals surface area contributed by atoms with Crippen LogP contribution in [0.5, 0.6) is 0 Å². The normalized spacial score (nSPS) is 17.2. The SMILES string of the molecule is C=CCCn1c(=O)c2cnc(Nc3ccc(N4CCN(CCCCNc5cccc6c5C(=O)N(C5CCC(=O)NC5=O)C6=O)CC4)cc3)nc2n1-c1cccc(C(C)(C)O)n1. The van der Waals surface area contributed by atoms with Crippen LogP contribution in [-0.4, -0.2) is 108 Å². The molecular weight excluding hydrogens is 779 g/mol. The third-order valence-electron chi connectivity index (χ3n) is 11.3. The number of unbranched alkanes of at least 4 members (excludes halogenated alkanes) is 1. The number of rotatable bonds is 15. The summed E-state index contributed by atoms with van der Waals surface area (Å²) in [5, 5.41) is 19.8. The van der Waals surface area contributed by atoms with Crippen molar-refractivity contribution in [3.8, 4) is 5.82 Å². The molecule has 3 aliphatic heterocycles. The van der Waals surface area contributed by atoms with E-state index in [-0.39, 0.29) is 29.5 Å². The van der Waals surface area contributed by atoms with E-state index in [4.69, 9.17) is 4.98 Å². The lowest BCUT2D eigenvalue weighted by atomic mass is 10.0. The predicted molar refractivity (Wildman–Crippen MR) is 230 cm³/mol. The highest BCUT2D eigenvalue weighted by Gasteiger charge is 2.45. The Hall–Kier alpha value is -6.72. The van der Waals surface area contributed by atoms with Gasteiger partial charge >= 0.3 is 0 Å². The van der Waals surface area contributed by atoms with E-state index in [0.717, 1.165) is 61.8 Å². The maximum Gasteiger partial charge on any atom is 0.278 e. The van der Waals surface area contributed by atoms with Crippen molar-refractivity contribution in [1.29, 1.82) is 0 Å². The predicted octanol–water partition coefficient (Wildman–Crippen LogP) is 3.94. The second kappa shape index (κ2) is 17.1. The Morgan fingerprint density at radius 2 is 1.69 bits per heavy atom. The second-order valence-electron chi connectivity index (χ2n) is 16.0. The molecule has 0 aliphatic carbocycles. The van der Waals surface area contributed by atoms with Gasteiger partial charge in [-0.2, -0.15) is 4.98 Å². The molecule has 0 spiro atoms. The van der Waals surface area contributed by atoms with E-state index in [1.165, 1.54) is 6.20 Å². The van der Waals surface area contributed by atoms with Gasteiger partial charge in [0.1, 0.15) is 17.0 Å². The van der Waals surface area contributed by atoms with Crippen molar-refractivity contribution in [1.82, 2.24) is 39.4 Å². The first-order valence-electron chi connectivity index (χ1n) is 20.6. The summed E-state index contributed by atoms with van der Waals surface area (Å²) in [5.74, 6) is -1.28. The molecule has 3 aromatic heterocycles. The van der Waals surface area contributed by atoms with E-state index in [2.05, 4.69) is 54.4 Å². The Bertz CT molecular complexity index is 2570. The number of amides is 4. The standard InChI is InChI=1S/C44H49N11O6/c1-4-5-22-53-40(58)31-27-46-43(50-38(31)55(53)35-13-9-12-34(48-35)44(2,3)61)47-28-14-16-29(17-15-28)52-25-23-51(24-26-52)21-7-6-20-45-32-11-8-10-30-37(32)42(60)54(41(30)59)33-18-19-36(56)49-39(33)57/h4,8-17,27,33,45,61H,1,5-7,18-26H2,2-3H3,(H,46,47,50)(H,49,56,57). The third-order valence-corrected chi connectivity index (χ3v) is 11.3. The number of nitrogens with one attached hydrogen (secondary N) is 3. The van der Waals surface area contributed by atoms with Gasteiger partial charge in [-0.1, -0.05) is 18.2 Å². The van der Waals surface area contributed by atoms with Crippen LogP contribution >= 0.6 is 0 Å². The summed E-state index contributed by atoms with van der Waals surface area (Å²) in [7, 11) is 0. The topological polar surface area (TPSA) is 200 Å². The summed E-state index contributed by atoms with van der Waals surface area (Å²) in [5.41, 5.74) is 2.44. The first-order chi connectivity index (χ1) is 29.4. The van der Waals surface area contributed by atoms with Gasteiger partial charge in [0.2, 0.25) is 17.8 Å². The van der Waals surface area contributed by atoms with Crippen LogP contribution in [-0.2, 0) is 21.7 Å². The number of hydrogen-bond acceptors (Lipinski definition) is 13. The van der Waals surface area contributed by atoms with Gasteiger partial charge in [0.25, 0.3) is 17.4 Å². The minimum absolute atomic E-state index is 0.0766. The van der Waals surface area contributed by atoms with Crippen molar-refractivity contribution >= 4 is 57.7 Å². The summed E-state index contributed by atoms with van der Waals surface area (Å²) in [6, 6.07) is 17.5. The number of allylic oxidation sites excluding steroid dienone is 1. The van der Waals surface area contributed by atoms with E-state index in [9.17, 15) is 29.1 Å². The number of fused-ring (bicyclic) bond motifs is 2. The van der Waals surface area contributed by atoms with Gasteiger partial charge in [0.05, 0.1) is 16.8 Å². The van der Waals surface area contributed by atoms with Gasteiger partial charge in [-0.3, -0.25) is 39.1 Å². The van der Waals surface area contributed by atoms with Crippen molar-refractivity contribution in [3.05, 3.63) is 107 Å². The lowest BCUT2D eigenvalue weighted by Gasteiger charge is -2.36. The Kier molecular flexibility index (Phi) is 11.5. The van der Waals surface area contributed by atoms with Crippen LogP contribution in [0.15, 0.2) is 84.3 Å². The largest absolute Gasteiger partial charge is 0.384 e. The van der Waals surface area contributed by atoms with Crippen LogP contribution in [0.1, 0.15) is 72.4 Å². The molecular formula is C44H49N11O6. The molecule has 8 rings (SSSR count). The number of aliphatic hydroxyl groups is 1. The van der Waals surface area contributed by atoms with Crippen molar-refractivity contribution < 1.29 is 24.3 Å². The van der Waals surface area contributed by atoms with Gasteiger partial charge in [0, 0.05) is 68.9 Å². The van der Waals surface area contributed by atoms with Crippen molar-refractivity contribution in [2.75, 3.05) is 54.8 Å². The number of piperidine rings is 1. The van der Waals surface area contributed by atoms with Gasteiger partial charge < -0.3 is 20.6 Å². The summed E-state index contributed by atoms with van der Waals surface area (Å²) in [4.78, 5) is 83.8. The molecule has 17 heteroatoms. The Balaban J connectivity index is 0.835. The molecule has 17 nitrogen and oxygen atoms in total. The minimum Gasteiger partial charge on any atom is -0.384 e. The van der Waals surface area contributed by atoms with Crippen molar-refractivity contribution in [2.45, 2.75) is 64.1 Å². The molecule has 5 aromatic rings. The van der Waals surface area contributed by atoms with Crippen LogP contribution < -0.4 is 26.4 Å². The maximum atomic E-state index is 13.5. The number of piperazine rings is 1. The quantitative estimate of drug-likeness (QED) is 0.0673. The summed E-state index contributed by atoms with van der Waals surface area (Å²) in [6.45, 7) is 12.6. The van der Waals surface area contributed by atoms with Crippen molar-refractivity contribution in [2.24, 2.45) is 0 Å². The molecule has 0 bridgehead atoms. The number of carbonyl (C=O) groups is 4. The monoisotopic (exact) mass is 827 g/mol. The molecule has 2 saturated heterocycles. The van der Waals surface area contributed by atoms with E-state index in [0.29, 0.717) is 53.7 Å². The molecule has 0 saturated carbocycles. The smallest absolute Gasteiger partial charge is 0.278 e.